The van der Waals surface area contributed by atoms with Crippen LogP contribution in [0.3, 0.4) is 0 Å². The summed E-state index contributed by atoms with van der Waals surface area (Å²) in [4.78, 5) is 23.5. The summed E-state index contributed by atoms with van der Waals surface area (Å²) in [5, 5.41) is 9.45. The quantitative estimate of drug-likeness (QED) is 0.109. The van der Waals surface area contributed by atoms with Gasteiger partial charge in [-0.2, -0.15) is 0 Å². The van der Waals surface area contributed by atoms with Gasteiger partial charge in [0.2, 0.25) is 5.91 Å². The monoisotopic (exact) mass is 537 g/mol. The van der Waals surface area contributed by atoms with Crippen molar-refractivity contribution in [2.45, 2.75) is 137 Å². The minimum atomic E-state index is -0.0431. The van der Waals surface area contributed by atoms with Crippen molar-refractivity contribution in [3.63, 3.8) is 0 Å². The average Bonchev–Trinajstić information content (AvgIpc) is 3.20. The first-order valence-corrected chi connectivity index (χ1v) is 15.5. The molecule has 1 atom stereocenters. The third-order valence-corrected chi connectivity index (χ3v) is 7.45. The molecule has 2 aliphatic carbocycles. The van der Waals surface area contributed by atoms with Gasteiger partial charge in [-0.3, -0.25) is 4.79 Å². The molecule has 1 amide bonds. The number of amides is 1. The molecule has 0 heterocycles. The summed E-state index contributed by atoms with van der Waals surface area (Å²) in [5.41, 5.74) is 14.0. The van der Waals surface area contributed by atoms with Gasteiger partial charge < -0.3 is 32.2 Å². The Bertz CT molecular complexity index is 642. The number of nitrogens with two attached hydrogens (primary N) is 2. The first-order chi connectivity index (χ1) is 18.2. The molecule has 0 aromatic heterocycles. The van der Waals surface area contributed by atoms with Crippen LogP contribution in [0.2, 0.25) is 0 Å². The number of nitrogens with one attached hydrogen (secondary N) is 3. The van der Waals surface area contributed by atoms with E-state index in [1.54, 1.807) is 12.5 Å². The van der Waals surface area contributed by atoms with Gasteiger partial charge in [0, 0.05) is 25.9 Å². The van der Waals surface area contributed by atoms with Crippen LogP contribution in [0.15, 0.2) is 11.1 Å². The van der Waals surface area contributed by atoms with Crippen LogP contribution in [0.4, 0.5) is 0 Å². The number of carbonyl (C=O) groups is 2. The van der Waals surface area contributed by atoms with E-state index in [2.05, 4.69) is 36.7 Å². The molecule has 1 unspecified atom stereocenters. The molecular weight excluding hydrogens is 474 g/mol. The molecule has 0 aromatic carbocycles. The lowest BCUT2D eigenvalue weighted by Crippen LogP contribution is -2.34. The van der Waals surface area contributed by atoms with Crippen molar-refractivity contribution in [1.29, 1.82) is 0 Å². The molecule has 0 radical (unpaired) electrons. The maximum Gasteiger partial charge on any atom is 0.220 e. The molecule has 7 N–H and O–H groups in total. The lowest BCUT2D eigenvalue weighted by atomic mass is 9.78. The zero-order chi connectivity index (χ0) is 28.7. The van der Waals surface area contributed by atoms with Crippen molar-refractivity contribution in [1.82, 2.24) is 16.0 Å². The first kappa shape index (κ1) is 36.7. The molecule has 38 heavy (non-hydrogen) atoms. The Hall–Kier alpha value is -1.28. The van der Waals surface area contributed by atoms with E-state index in [1.807, 2.05) is 6.92 Å². The Morgan fingerprint density at radius 3 is 2.08 bits per heavy atom. The number of unbranched alkanes of at least 4 members (excludes halogenated alkanes) is 1. The van der Waals surface area contributed by atoms with Crippen LogP contribution in [-0.4, -0.2) is 50.6 Å². The molecule has 7 nitrogen and oxygen atoms in total. The molecule has 1 saturated carbocycles. The summed E-state index contributed by atoms with van der Waals surface area (Å²) >= 11 is 0. The smallest absolute Gasteiger partial charge is 0.220 e. The van der Waals surface area contributed by atoms with Crippen molar-refractivity contribution < 1.29 is 9.59 Å². The van der Waals surface area contributed by atoms with Crippen molar-refractivity contribution in [2.24, 2.45) is 16.9 Å². The van der Waals surface area contributed by atoms with Crippen LogP contribution in [0.25, 0.3) is 0 Å². The summed E-state index contributed by atoms with van der Waals surface area (Å²) in [6, 6.07) is 0. The predicted molar refractivity (Wildman–Crippen MR) is 163 cm³/mol. The van der Waals surface area contributed by atoms with Crippen LogP contribution in [0.5, 0.6) is 0 Å². The second-order valence-corrected chi connectivity index (χ2v) is 11.5. The highest BCUT2D eigenvalue weighted by atomic mass is 16.1. The van der Waals surface area contributed by atoms with Gasteiger partial charge in [-0.1, -0.05) is 44.3 Å². The Kier molecular flexibility index (Phi) is 22.8. The third kappa shape index (κ3) is 19.7. The normalized spacial score (nSPS) is 17.4. The maximum absolute atomic E-state index is 12.1. The van der Waals surface area contributed by atoms with Crippen LogP contribution in [0.1, 0.15) is 131 Å². The molecule has 0 aliphatic heterocycles. The fraction of sp³-hybridized carbons (Fsp3) is 0.871. The molecule has 0 spiro atoms. The van der Waals surface area contributed by atoms with Crippen LogP contribution < -0.4 is 27.4 Å². The molecule has 0 saturated heterocycles. The molecule has 7 heteroatoms. The predicted octanol–water partition coefficient (Wildman–Crippen LogP) is 5.33. The third-order valence-electron chi connectivity index (χ3n) is 7.45. The summed E-state index contributed by atoms with van der Waals surface area (Å²) in [6.45, 7) is 14.7. The van der Waals surface area contributed by atoms with E-state index in [1.165, 1.54) is 37.7 Å². The van der Waals surface area contributed by atoms with E-state index < -0.39 is 0 Å². The lowest BCUT2D eigenvalue weighted by Gasteiger charge is -2.27. The van der Waals surface area contributed by atoms with Gasteiger partial charge in [-0.25, -0.2) is 0 Å². The van der Waals surface area contributed by atoms with Gasteiger partial charge in [0.25, 0.3) is 0 Å². The van der Waals surface area contributed by atoms with Crippen molar-refractivity contribution in [3.05, 3.63) is 11.1 Å². The Morgan fingerprint density at radius 1 is 0.895 bits per heavy atom. The Labute approximate surface area is 235 Å². The number of hydrogen-bond donors (Lipinski definition) is 5. The summed E-state index contributed by atoms with van der Waals surface area (Å²) < 4.78 is 0. The molecule has 0 bridgehead atoms. The average molecular weight is 538 g/mol. The highest BCUT2D eigenvalue weighted by Gasteiger charge is 2.36. The van der Waals surface area contributed by atoms with Gasteiger partial charge in [0.05, 0.1) is 6.17 Å². The lowest BCUT2D eigenvalue weighted by molar-refractivity contribution is -0.125. The molecule has 1 fully saturated rings. The second kappa shape index (κ2) is 23.6. The van der Waals surface area contributed by atoms with Gasteiger partial charge in [-0.05, 0) is 110 Å². The van der Waals surface area contributed by atoms with Crippen molar-refractivity contribution in [2.75, 3.05) is 32.7 Å². The Balaban J connectivity index is 0.000000661. The summed E-state index contributed by atoms with van der Waals surface area (Å²) in [5.74, 6) is 0.339. The largest absolute Gasteiger partial charge is 0.356 e. The van der Waals surface area contributed by atoms with E-state index in [9.17, 15) is 9.59 Å². The van der Waals surface area contributed by atoms with E-state index >= 15 is 0 Å². The molecular formula is C31H63N5O2. The van der Waals surface area contributed by atoms with Gasteiger partial charge in [0.15, 0.2) is 0 Å². The van der Waals surface area contributed by atoms with Crippen LogP contribution >= 0.6 is 0 Å². The molecule has 2 rings (SSSR count). The van der Waals surface area contributed by atoms with E-state index in [0.29, 0.717) is 12.8 Å². The molecule has 224 valence electrons. The van der Waals surface area contributed by atoms with E-state index in [-0.39, 0.29) is 23.3 Å². The van der Waals surface area contributed by atoms with Crippen LogP contribution in [-0.2, 0) is 9.59 Å². The summed E-state index contributed by atoms with van der Waals surface area (Å²) in [7, 11) is 0. The van der Waals surface area contributed by atoms with Gasteiger partial charge in [0.1, 0.15) is 5.78 Å². The number of hydrogen-bond acceptors (Lipinski definition) is 6. The van der Waals surface area contributed by atoms with Gasteiger partial charge >= 0.3 is 0 Å². The number of rotatable bonds is 15. The fourth-order valence-electron chi connectivity index (χ4n) is 5.32. The number of ketones is 1. The maximum atomic E-state index is 12.1. The highest BCUT2D eigenvalue weighted by molar-refractivity contribution is 5.80. The van der Waals surface area contributed by atoms with Gasteiger partial charge in [-0.15, -0.1) is 0 Å². The topological polar surface area (TPSA) is 122 Å². The standard InChI is InChI=1S/C17H32N2O2.C9H17N.C5H14N2/c1-3-10-18-11-6-7-12-19-16(21)14-17(13-15(2)20)8-4-5-9-17;1-8-5-3-2-4-6-9(8)7-10;1-3-4-7-5(2)6/h18H,3-14H2,1-2H3,(H,19,21);2-7,10H2,1H3;5,7H,3-4,6H2,1-2H3. The van der Waals surface area contributed by atoms with Crippen molar-refractivity contribution >= 4 is 11.7 Å². The SMILES string of the molecule is CC1=C(CN)CCCCC1.CCCNC(C)N.CCCNCCCCNC(=O)CC1(CC(C)=O)CCCC1. The molecule has 2 aliphatic rings. The Morgan fingerprint density at radius 2 is 1.53 bits per heavy atom. The van der Waals surface area contributed by atoms with Crippen LogP contribution in [0, 0.1) is 5.41 Å². The number of carbonyl (C=O) groups excluding carboxylic acids is 2. The second-order valence-electron chi connectivity index (χ2n) is 11.5. The van der Waals surface area contributed by atoms with Crippen molar-refractivity contribution in [3.8, 4) is 0 Å². The fourth-order valence-corrected chi connectivity index (χ4v) is 5.32. The van der Waals surface area contributed by atoms with E-state index in [0.717, 1.165) is 84.1 Å². The molecule has 0 aromatic rings. The number of Topliss-reactive ketones (excluding diaryl/α,β-unsaturated/α-hetero) is 1. The minimum Gasteiger partial charge on any atom is -0.356 e. The van der Waals surface area contributed by atoms with E-state index in [4.69, 9.17) is 11.5 Å². The zero-order valence-corrected chi connectivity index (χ0v) is 25.7. The number of allylic oxidation sites excluding steroid dienone is 1. The minimum absolute atomic E-state index is 0.0431. The first-order valence-electron chi connectivity index (χ1n) is 15.5. The zero-order valence-electron chi connectivity index (χ0n) is 25.7. The summed E-state index contributed by atoms with van der Waals surface area (Å²) in [6.07, 6.45) is 16.7. The highest BCUT2D eigenvalue weighted by Crippen LogP contribution is 2.44.